The predicted molar refractivity (Wildman–Crippen MR) is 96.6 cm³/mol. The van der Waals surface area contributed by atoms with Gasteiger partial charge in [-0.05, 0) is 30.3 Å². The lowest BCUT2D eigenvalue weighted by Gasteiger charge is -2.20. The van der Waals surface area contributed by atoms with Crippen molar-refractivity contribution in [3.8, 4) is 0 Å². The molecule has 126 valence electrons. The largest absolute Gasteiger partial charge is 0.453 e. The molecular weight excluding hydrogens is 386 g/mol. The van der Waals surface area contributed by atoms with Gasteiger partial charge in [-0.25, -0.2) is 0 Å². The highest BCUT2D eigenvalue weighted by molar-refractivity contribution is 9.10. The maximum Gasteiger partial charge on any atom is 0.263 e. The van der Waals surface area contributed by atoms with Crippen molar-refractivity contribution in [2.75, 3.05) is 11.9 Å². The molecule has 6 heteroatoms. The van der Waals surface area contributed by atoms with E-state index in [-0.39, 0.29) is 12.2 Å². The number of fused-ring (bicyclic) bond motifs is 2. The van der Waals surface area contributed by atoms with Gasteiger partial charge in [0.25, 0.3) is 5.91 Å². The van der Waals surface area contributed by atoms with Crippen LogP contribution >= 0.6 is 15.9 Å². The van der Waals surface area contributed by atoms with E-state index in [0.29, 0.717) is 16.8 Å². The zero-order valence-corrected chi connectivity index (χ0v) is 14.9. The van der Waals surface area contributed by atoms with Crippen LogP contribution in [0.3, 0.4) is 0 Å². The van der Waals surface area contributed by atoms with E-state index >= 15 is 0 Å². The molecule has 1 N–H and O–H groups in total. The number of furan rings is 1. The Kier molecular flexibility index (Phi) is 3.56. The predicted octanol–water partition coefficient (Wildman–Crippen LogP) is 3.63. The third-order valence-electron chi connectivity index (χ3n) is 4.54. The highest BCUT2D eigenvalue weighted by atomic mass is 79.9. The van der Waals surface area contributed by atoms with Crippen LogP contribution in [0.2, 0.25) is 0 Å². The molecule has 1 aromatic heterocycles. The van der Waals surface area contributed by atoms with E-state index in [1.807, 2.05) is 18.2 Å². The number of para-hydroxylation sites is 1. The maximum atomic E-state index is 12.7. The van der Waals surface area contributed by atoms with Crippen LogP contribution in [0.25, 0.3) is 11.0 Å². The van der Waals surface area contributed by atoms with Crippen molar-refractivity contribution < 1.29 is 19.1 Å². The second kappa shape index (κ2) is 5.54. The minimum absolute atomic E-state index is 0.133. The number of amides is 1. The van der Waals surface area contributed by atoms with Crippen molar-refractivity contribution in [1.29, 1.82) is 0 Å². The Morgan fingerprint density at radius 1 is 1.24 bits per heavy atom. The van der Waals surface area contributed by atoms with Crippen molar-refractivity contribution in [1.82, 2.24) is 0 Å². The van der Waals surface area contributed by atoms with Crippen LogP contribution < -0.4 is 4.90 Å². The molecule has 0 aliphatic carbocycles. The first-order valence-corrected chi connectivity index (χ1v) is 8.52. The number of hydrogen-bond acceptors (Lipinski definition) is 4. The van der Waals surface area contributed by atoms with Crippen LogP contribution in [0, 0.1) is 0 Å². The summed E-state index contributed by atoms with van der Waals surface area (Å²) < 4.78 is 6.29. The second-order valence-corrected chi connectivity index (χ2v) is 7.05. The van der Waals surface area contributed by atoms with Gasteiger partial charge in [0.15, 0.2) is 11.4 Å². The normalized spacial score (nSPS) is 19.5. The lowest BCUT2D eigenvalue weighted by Crippen LogP contribution is -2.40. The number of halogens is 1. The SMILES string of the molecule is CN1C(=O)[C@@](O)(CC(=O)c2cc3ccccc3o2)c2cc(Br)ccc21. The van der Waals surface area contributed by atoms with E-state index in [1.54, 1.807) is 37.4 Å². The van der Waals surface area contributed by atoms with Gasteiger partial charge >= 0.3 is 0 Å². The van der Waals surface area contributed by atoms with Gasteiger partial charge in [0, 0.05) is 22.5 Å². The Labute approximate surface area is 152 Å². The van der Waals surface area contributed by atoms with E-state index < -0.39 is 17.3 Å². The monoisotopic (exact) mass is 399 g/mol. The number of Topliss-reactive ketones (excluding diaryl/α,β-unsaturated/α-hetero) is 1. The molecule has 0 fully saturated rings. The van der Waals surface area contributed by atoms with Gasteiger partial charge in [0.2, 0.25) is 5.78 Å². The summed E-state index contributed by atoms with van der Waals surface area (Å²) in [5.41, 5.74) is -0.299. The highest BCUT2D eigenvalue weighted by Gasteiger charge is 2.50. The van der Waals surface area contributed by atoms with Crippen LogP contribution in [0.1, 0.15) is 22.5 Å². The number of ketones is 1. The molecule has 25 heavy (non-hydrogen) atoms. The highest BCUT2D eigenvalue weighted by Crippen LogP contribution is 2.43. The average molecular weight is 400 g/mol. The number of aliphatic hydroxyl groups is 1. The molecular formula is C19H14BrNO4. The first-order chi connectivity index (χ1) is 11.9. The summed E-state index contributed by atoms with van der Waals surface area (Å²) in [6.45, 7) is 0. The van der Waals surface area contributed by atoms with Crippen molar-refractivity contribution in [3.63, 3.8) is 0 Å². The van der Waals surface area contributed by atoms with Gasteiger partial charge in [0.1, 0.15) is 5.58 Å². The van der Waals surface area contributed by atoms with E-state index in [2.05, 4.69) is 15.9 Å². The fourth-order valence-corrected chi connectivity index (χ4v) is 3.60. The Hall–Kier alpha value is -2.44. The van der Waals surface area contributed by atoms with E-state index in [4.69, 9.17) is 4.42 Å². The van der Waals surface area contributed by atoms with Crippen molar-refractivity contribution in [3.05, 3.63) is 64.3 Å². The number of benzene rings is 2. The minimum Gasteiger partial charge on any atom is -0.453 e. The maximum absolute atomic E-state index is 12.7. The smallest absolute Gasteiger partial charge is 0.263 e. The first-order valence-electron chi connectivity index (χ1n) is 7.72. The number of anilines is 1. The number of carbonyl (C=O) groups is 2. The number of nitrogens with zero attached hydrogens (tertiary/aromatic N) is 1. The summed E-state index contributed by atoms with van der Waals surface area (Å²) >= 11 is 3.35. The number of rotatable bonds is 3. The van der Waals surface area contributed by atoms with Gasteiger partial charge < -0.3 is 14.4 Å². The van der Waals surface area contributed by atoms with E-state index in [0.717, 1.165) is 9.86 Å². The van der Waals surface area contributed by atoms with Crippen molar-refractivity contribution >= 4 is 44.3 Å². The number of carbonyl (C=O) groups excluding carboxylic acids is 2. The fraction of sp³-hybridized carbons (Fsp3) is 0.158. The van der Waals surface area contributed by atoms with Crippen LogP contribution in [0.5, 0.6) is 0 Å². The lowest BCUT2D eigenvalue weighted by atomic mass is 9.89. The fourth-order valence-electron chi connectivity index (χ4n) is 3.24. The Bertz CT molecular complexity index is 992. The Morgan fingerprint density at radius 2 is 2.00 bits per heavy atom. The van der Waals surface area contributed by atoms with Gasteiger partial charge in [0.05, 0.1) is 12.1 Å². The molecule has 3 aromatic rings. The Morgan fingerprint density at radius 3 is 2.76 bits per heavy atom. The number of likely N-dealkylation sites (N-methyl/N-ethyl adjacent to an activating group) is 1. The third-order valence-corrected chi connectivity index (χ3v) is 5.03. The van der Waals surface area contributed by atoms with Crippen LogP contribution in [0.15, 0.2) is 57.4 Å². The van der Waals surface area contributed by atoms with Crippen molar-refractivity contribution in [2.45, 2.75) is 12.0 Å². The van der Waals surface area contributed by atoms with Crippen LogP contribution in [0.4, 0.5) is 5.69 Å². The molecule has 0 bridgehead atoms. The molecule has 1 aliphatic rings. The molecule has 1 aliphatic heterocycles. The molecule has 0 saturated heterocycles. The van der Waals surface area contributed by atoms with Crippen LogP contribution in [-0.4, -0.2) is 23.8 Å². The van der Waals surface area contributed by atoms with E-state index in [1.165, 1.54) is 4.90 Å². The molecule has 0 radical (unpaired) electrons. The average Bonchev–Trinajstić information content (AvgIpc) is 3.10. The summed E-state index contributed by atoms with van der Waals surface area (Å²) in [5, 5.41) is 11.8. The minimum atomic E-state index is -1.90. The van der Waals surface area contributed by atoms with Crippen LogP contribution in [-0.2, 0) is 10.4 Å². The number of hydrogen-bond donors (Lipinski definition) is 1. The van der Waals surface area contributed by atoms with E-state index in [9.17, 15) is 14.7 Å². The molecule has 0 spiro atoms. The summed E-state index contributed by atoms with van der Waals surface area (Å²) in [6, 6.07) is 14.1. The first kappa shape index (κ1) is 16.1. The summed E-state index contributed by atoms with van der Waals surface area (Å²) in [6.07, 6.45) is -0.376. The second-order valence-electron chi connectivity index (χ2n) is 6.13. The lowest BCUT2D eigenvalue weighted by molar-refractivity contribution is -0.135. The topological polar surface area (TPSA) is 70.8 Å². The quantitative estimate of drug-likeness (QED) is 0.682. The molecule has 0 unspecified atom stereocenters. The van der Waals surface area contributed by atoms with Gasteiger partial charge in [-0.3, -0.25) is 9.59 Å². The standard InChI is InChI=1S/C19H14BrNO4/c1-21-14-7-6-12(20)9-13(14)19(24,18(21)23)10-15(22)17-8-11-4-2-3-5-16(11)25-17/h2-9,24H,10H2,1H3/t19-/m1/s1. The Balaban J connectivity index is 1.73. The van der Waals surface area contributed by atoms with Gasteiger partial charge in [-0.2, -0.15) is 0 Å². The third kappa shape index (κ3) is 2.41. The van der Waals surface area contributed by atoms with Crippen molar-refractivity contribution in [2.24, 2.45) is 0 Å². The summed E-state index contributed by atoms with van der Waals surface area (Å²) in [5.74, 6) is -0.813. The molecule has 1 atom stereocenters. The summed E-state index contributed by atoms with van der Waals surface area (Å²) in [7, 11) is 1.58. The zero-order valence-electron chi connectivity index (χ0n) is 13.3. The molecule has 4 rings (SSSR count). The molecule has 5 nitrogen and oxygen atoms in total. The van der Waals surface area contributed by atoms with Gasteiger partial charge in [-0.15, -0.1) is 0 Å². The zero-order chi connectivity index (χ0) is 17.8. The molecule has 2 aromatic carbocycles. The molecule has 0 saturated carbocycles. The summed E-state index contributed by atoms with van der Waals surface area (Å²) in [4.78, 5) is 26.7. The molecule has 2 heterocycles. The van der Waals surface area contributed by atoms with Gasteiger partial charge in [-0.1, -0.05) is 34.1 Å². The molecule has 1 amide bonds.